The van der Waals surface area contributed by atoms with Crippen molar-refractivity contribution in [2.75, 3.05) is 0 Å². The van der Waals surface area contributed by atoms with Gasteiger partial charge in [-0.25, -0.2) is 4.79 Å². The molecule has 5 heteroatoms. The first-order valence-electron chi connectivity index (χ1n) is 5.60. The molecule has 0 heterocycles. The van der Waals surface area contributed by atoms with Crippen molar-refractivity contribution < 1.29 is 14.7 Å². The molecule has 0 saturated carbocycles. The summed E-state index contributed by atoms with van der Waals surface area (Å²) >= 11 is 0. The Morgan fingerprint density at radius 3 is 2.12 bits per heavy atom. The van der Waals surface area contributed by atoms with Crippen LogP contribution in [-0.4, -0.2) is 29.1 Å². The minimum Gasteiger partial charge on any atom is -0.480 e. The highest BCUT2D eigenvalue weighted by Gasteiger charge is 2.28. The van der Waals surface area contributed by atoms with Gasteiger partial charge in [0.25, 0.3) is 0 Å². The number of hydrogen-bond donors (Lipinski definition) is 3. The van der Waals surface area contributed by atoms with Crippen LogP contribution in [-0.2, 0) is 9.59 Å². The second-order valence-corrected chi connectivity index (χ2v) is 4.48. The molecule has 0 aromatic rings. The van der Waals surface area contributed by atoms with E-state index in [1.807, 2.05) is 20.8 Å². The predicted octanol–water partition coefficient (Wildman–Crippen LogP) is 0.585. The second kappa shape index (κ2) is 6.48. The summed E-state index contributed by atoms with van der Waals surface area (Å²) in [7, 11) is 0. The lowest BCUT2D eigenvalue weighted by Gasteiger charge is -2.23. The summed E-state index contributed by atoms with van der Waals surface area (Å²) < 4.78 is 0. The lowest BCUT2D eigenvalue weighted by atomic mass is 9.97. The van der Waals surface area contributed by atoms with E-state index in [0.29, 0.717) is 6.42 Å². The van der Waals surface area contributed by atoms with Crippen LogP contribution >= 0.6 is 0 Å². The Hall–Kier alpha value is -1.10. The van der Waals surface area contributed by atoms with E-state index in [9.17, 15) is 9.59 Å². The largest absolute Gasteiger partial charge is 0.480 e. The summed E-state index contributed by atoms with van der Waals surface area (Å²) in [5.74, 6) is -1.53. The average Bonchev–Trinajstić information content (AvgIpc) is 2.22. The molecule has 1 amide bonds. The van der Waals surface area contributed by atoms with Gasteiger partial charge in [-0.15, -0.1) is 0 Å². The third-order valence-electron chi connectivity index (χ3n) is 2.80. The van der Waals surface area contributed by atoms with E-state index in [1.54, 1.807) is 6.92 Å². The van der Waals surface area contributed by atoms with Gasteiger partial charge in [0.05, 0.1) is 6.04 Å². The number of carboxylic acids is 1. The van der Waals surface area contributed by atoms with Crippen LogP contribution in [0, 0.1) is 11.8 Å². The van der Waals surface area contributed by atoms with Gasteiger partial charge in [0, 0.05) is 0 Å². The lowest BCUT2D eigenvalue weighted by Crippen LogP contribution is -2.52. The van der Waals surface area contributed by atoms with Gasteiger partial charge in [-0.1, -0.05) is 34.1 Å². The zero-order chi connectivity index (χ0) is 12.9. The fourth-order valence-electron chi connectivity index (χ4n) is 1.24. The van der Waals surface area contributed by atoms with Crippen molar-refractivity contribution in [3.8, 4) is 0 Å². The number of aliphatic carboxylic acids is 1. The van der Waals surface area contributed by atoms with Gasteiger partial charge in [0.15, 0.2) is 0 Å². The molecular formula is C11H22N2O3. The summed E-state index contributed by atoms with van der Waals surface area (Å²) in [4.78, 5) is 22.6. The third kappa shape index (κ3) is 4.18. The molecular weight excluding hydrogens is 208 g/mol. The zero-order valence-corrected chi connectivity index (χ0v) is 10.4. The van der Waals surface area contributed by atoms with Crippen LogP contribution in [0.15, 0.2) is 0 Å². The Kier molecular flexibility index (Phi) is 6.03. The van der Waals surface area contributed by atoms with Gasteiger partial charge in [-0.05, 0) is 11.8 Å². The Labute approximate surface area is 96.4 Å². The number of carbonyl (C=O) groups excluding carboxylic acids is 1. The molecule has 0 aliphatic heterocycles. The zero-order valence-electron chi connectivity index (χ0n) is 10.4. The van der Waals surface area contributed by atoms with Crippen LogP contribution in [0.25, 0.3) is 0 Å². The van der Waals surface area contributed by atoms with Gasteiger partial charge in [0.2, 0.25) is 5.91 Å². The van der Waals surface area contributed by atoms with Crippen LogP contribution in [0.4, 0.5) is 0 Å². The van der Waals surface area contributed by atoms with Crippen LogP contribution in [0.5, 0.6) is 0 Å². The lowest BCUT2D eigenvalue weighted by molar-refractivity contribution is -0.143. The van der Waals surface area contributed by atoms with Crippen molar-refractivity contribution in [1.82, 2.24) is 5.32 Å². The third-order valence-corrected chi connectivity index (χ3v) is 2.80. The SMILES string of the molecule is CCC(C)[C@H](NC(=O)[C@H](N)C(C)C)C(=O)O. The summed E-state index contributed by atoms with van der Waals surface area (Å²) in [5, 5.41) is 11.5. The standard InChI is InChI=1S/C11H22N2O3/c1-5-7(4)9(11(15)16)13-10(14)8(12)6(2)3/h6-9H,5,12H2,1-4H3,(H,13,14)(H,15,16)/t7?,8-,9+/m1/s1. The van der Waals surface area contributed by atoms with E-state index in [1.165, 1.54) is 0 Å². The van der Waals surface area contributed by atoms with E-state index in [-0.39, 0.29) is 11.8 Å². The molecule has 0 spiro atoms. The second-order valence-electron chi connectivity index (χ2n) is 4.48. The first-order chi connectivity index (χ1) is 7.31. The van der Waals surface area contributed by atoms with Gasteiger partial charge in [0.1, 0.15) is 6.04 Å². The Morgan fingerprint density at radius 1 is 1.31 bits per heavy atom. The fraction of sp³-hybridized carbons (Fsp3) is 0.818. The smallest absolute Gasteiger partial charge is 0.326 e. The fourth-order valence-corrected chi connectivity index (χ4v) is 1.24. The molecule has 0 rings (SSSR count). The van der Waals surface area contributed by atoms with E-state index in [4.69, 9.17) is 10.8 Å². The molecule has 3 atom stereocenters. The van der Waals surface area contributed by atoms with Crippen molar-refractivity contribution in [3.63, 3.8) is 0 Å². The molecule has 4 N–H and O–H groups in total. The van der Waals surface area contributed by atoms with Crippen molar-refractivity contribution in [2.24, 2.45) is 17.6 Å². The number of nitrogens with one attached hydrogen (secondary N) is 1. The van der Waals surface area contributed by atoms with E-state index in [0.717, 1.165) is 0 Å². The number of carbonyl (C=O) groups is 2. The molecule has 5 nitrogen and oxygen atoms in total. The number of rotatable bonds is 6. The maximum absolute atomic E-state index is 11.6. The quantitative estimate of drug-likeness (QED) is 0.622. The summed E-state index contributed by atoms with van der Waals surface area (Å²) in [6.07, 6.45) is 0.689. The van der Waals surface area contributed by atoms with Crippen LogP contribution < -0.4 is 11.1 Å². The Balaban J connectivity index is 4.52. The average molecular weight is 230 g/mol. The van der Waals surface area contributed by atoms with Crippen molar-refractivity contribution in [3.05, 3.63) is 0 Å². The first kappa shape index (κ1) is 14.9. The predicted molar refractivity (Wildman–Crippen MR) is 61.8 cm³/mol. The van der Waals surface area contributed by atoms with Gasteiger partial charge in [-0.2, -0.15) is 0 Å². The van der Waals surface area contributed by atoms with Gasteiger partial charge >= 0.3 is 5.97 Å². The van der Waals surface area contributed by atoms with Crippen molar-refractivity contribution >= 4 is 11.9 Å². The minimum atomic E-state index is -1.02. The van der Waals surface area contributed by atoms with Crippen molar-refractivity contribution in [1.29, 1.82) is 0 Å². The minimum absolute atomic E-state index is 0.00798. The molecule has 0 aromatic carbocycles. The summed E-state index contributed by atoms with van der Waals surface area (Å²) in [6.45, 7) is 7.32. The summed E-state index contributed by atoms with van der Waals surface area (Å²) in [6, 6.07) is -1.52. The monoisotopic (exact) mass is 230 g/mol. The molecule has 0 aromatic heterocycles. The highest BCUT2D eigenvalue weighted by molar-refractivity contribution is 5.87. The molecule has 0 aliphatic rings. The number of amides is 1. The van der Waals surface area contributed by atoms with Gasteiger partial charge < -0.3 is 16.2 Å². The Morgan fingerprint density at radius 2 is 1.81 bits per heavy atom. The molecule has 0 fully saturated rings. The van der Waals surface area contributed by atoms with Crippen molar-refractivity contribution in [2.45, 2.75) is 46.2 Å². The van der Waals surface area contributed by atoms with Crippen LogP contribution in [0.3, 0.4) is 0 Å². The first-order valence-corrected chi connectivity index (χ1v) is 5.60. The highest BCUT2D eigenvalue weighted by atomic mass is 16.4. The Bertz CT molecular complexity index is 254. The molecule has 1 unspecified atom stereocenters. The van der Waals surface area contributed by atoms with E-state index in [2.05, 4.69) is 5.32 Å². The summed E-state index contributed by atoms with van der Waals surface area (Å²) in [5.41, 5.74) is 5.65. The van der Waals surface area contributed by atoms with E-state index < -0.39 is 24.0 Å². The molecule has 0 saturated heterocycles. The normalized spacial score (nSPS) is 16.6. The number of carboxylic acid groups (broad SMARTS) is 1. The highest BCUT2D eigenvalue weighted by Crippen LogP contribution is 2.09. The topological polar surface area (TPSA) is 92.4 Å². The van der Waals surface area contributed by atoms with Gasteiger partial charge in [-0.3, -0.25) is 4.79 Å². The number of nitrogens with two attached hydrogens (primary N) is 1. The maximum Gasteiger partial charge on any atom is 0.326 e. The molecule has 0 radical (unpaired) electrons. The molecule has 94 valence electrons. The van der Waals surface area contributed by atoms with E-state index >= 15 is 0 Å². The maximum atomic E-state index is 11.6. The molecule has 0 aliphatic carbocycles. The van der Waals surface area contributed by atoms with Crippen LogP contribution in [0.1, 0.15) is 34.1 Å². The number of hydrogen-bond acceptors (Lipinski definition) is 3. The molecule has 0 bridgehead atoms. The molecule has 16 heavy (non-hydrogen) atoms. The van der Waals surface area contributed by atoms with Crippen LogP contribution in [0.2, 0.25) is 0 Å².